The normalized spacial score (nSPS) is 11.4. The van der Waals surface area contributed by atoms with E-state index < -0.39 is 0 Å². The van der Waals surface area contributed by atoms with Crippen LogP contribution in [0.2, 0.25) is 0 Å². The van der Waals surface area contributed by atoms with Gasteiger partial charge in [0.2, 0.25) is 0 Å². The zero-order valence-corrected chi connectivity index (χ0v) is 13.7. The standard InChI is InChI=1S/C18H31N/c1-7-14(8-2)16-11-12-17(15(9-3)10-4)18(13-16)19(5)6/h11-15H,7-10H2,1-6H3. The van der Waals surface area contributed by atoms with Crippen molar-refractivity contribution < 1.29 is 0 Å². The molecule has 0 unspecified atom stereocenters. The van der Waals surface area contributed by atoms with Gasteiger partial charge in [0.1, 0.15) is 0 Å². The molecule has 0 radical (unpaired) electrons. The van der Waals surface area contributed by atoms with Gasteiger partial charge < -0.3 is 4.90 Å². The van der Waals surface area contributed by atoms with E-state index in [1.807, 2.05) is 0 Å². The van der Waals surface area contributed by atoms with Gasteiger partial charge in [0.25, 0.3) is 0 Å². The Morgan fingerprint density at radius 2 is 1.37 bits per heavy atom. The second-order valence-corrected chi connectivity index (χ2v) is 5.74. The van der Waals surface area contributed by atoms with Gasteiger partial charge in [-0.1, -0.05) is 39.8 Å². The van der Waals surface area contributed by atoms with E-state index in [1.54, 1.807) is 0 Å². The zero-order chi connectivity index (χ0) is 14.4. The smallest absolute Gasteiger partial charge is 0.0399 e. The Morgan fingerprint density at radius 3 is 1.79 bits per heavy atom. The van der Waals surface area contributed by atoms with Crippen molar-refractivity contribution in [3.63, 3.8) is 0 Å². The number of anilines is 1. The van der Waals surface area contributed by atoms with Gasteiger partial charge in [0.15, 0.2) is 0 Å². The second-order valence-electron chi connectivity index (χ2n) is 5.74. The lowest BCUT2D eigenvalue weighted by atomic mass is 9.87. The summed E-state index contributed by atoms with van der Waals surface area (Å²) < 4.78 is 0. The lowest BCUT2D eigenvalue weighted by Gasteiger charge is -2.25. The molecular formula is C18H31N. The highest BCUT2D eigenvalue weighted by Gasteiger charge is 2.16. The number of hydrogen-bond donors (Lipinski definition) is 0. The van der Waals surface area contributed by atoms with Gasteiger partial charge in [-0.05, 0) is 54.7 Å². The van der Waals surface area contributed by atoms with Crippen LogP contribution in [0, 0.1) is 0 Å². The van der Waals surface area contributed by atoms with Crippen LogP contribution in [-0.4, -0.2) is 14.1 Å². The van der Waals surface area contributed by atoms with Crippen LogP contribution in [0.25, 0.3) is 0 Å². The Morgan fingerprint density at radius 1 is 0.842 bits per heavy atom. The van der Waals surface area contributed by atoms with Crippen LogP contribution in [0.1, 0.15) is 76.3 Å². The molecule has 1 heteroatoms. The molecule has 1 aromatic carbocycles. The van der Waals surface area contributed by atoms with Crippen LogP contribution in [0.3, 0.4) is 0 Å². The van der Waals surface area contributed by atoms with Crippen molar-refractivity contribution in [3.05, 3.63) is 29.3 Å². The Kier molecular flexibility index (Phi) is 6.41. The van der Waals surface area contributed by atoms with Crippen molar-refractivity contribution in [2.24, 2.45) is 0 Å². The first-order valence-electron chi connectivity index (χ1n) is 7.89. The molecule has 19 heavy (non-hydrogen) atoms. The number of hydrogen-bond acceptors (Lipinski definition) is 1. The summed E-state index contributed by atoms with van der Waals surface area (Å²) >= 11 is 0. The SMILES string of the molecule is CCC(CC)c1ccc(C(CC)CC)c(N(C)C)c1. The first kappa shape index (κ1) is 16.1. The quantitative estimate of drug-likeness (QED) is 0.621. The van der Waals surface area contributed by atoms with Crippen LogP contribution in [0.5, 0.6) is 0 Å². The molecule has 0 saturated heterocycles. The summed E-state index contributed by atoms with van der Waals surface area (Å²) in [6.45, 7) is 9.17. The van der Waals surface area contributed by atoms with Crippen LogP contribution < -0.4 is 4.90 Å². The average Bonchev–Trinajstić information content (AvgIpc) is 2.42. The van der Waals surface area contributed by atoms with Crippen LogP contribution in [0.15, 0.2) is 18.2 Å². The summed E-state index contributed by atoms with van der Waals surface area (Å²) in [5, 5.41) is 0. The third kappa shape index (κ3) is 3.75. The molecular weight excluding hydrogens is 230 g/mol. The molecule has 0 N–H and O–H groups in total. The Hall–Kier alpha value is -0.980. The first-order valence-corrected chi connectivity index (χ1v) is 7.89. The van der Waals surface area contributed by atoms with E-state index in [-0.39, 0.29) is 0 Å². The van der Waals surface area contributed by atoms with Gasteiger partial charge in [-0.2, -0.15) is 0 Å². The summed E-state index contributed by atoms with van der Waals surface area (Å²) in [6, 6.07) is 7.16. The summed E-state index contributed by atoms with van der Waals surface area (Å²) in [4.78, 5) is 2.28. The van der Waals surface area contributed by atoms with E-state index in [1.165, 1.54) is 42.5 Å². The van der Waals surface area contributed by atoms with Crippen LogP contribution in [0.4, 0.5) is 5.69 Å². The van der Waals surface area contributed by atoms with Crippen LogP contribution >= 0.6 is 0 Å². The fraction of sp³-hybridized carbons (Fsp3) is 0.667. The minimum atomic E-state index is 0.688. The zero-order valence-electron chi connectivity index (χ0n) is 13.7. The van der Waals surface area contributed by atoms with Crippen molar-refractivity contribution in [2.75, 3.05) is 19.0 Å². The largest absolute Gasteiger partial charge is 0.377 e. The van der Waals surface area contributed by atoms with Crippen molar-refractivity contribution in [3.8, 4) is 0 Å². The lowest BCUT2D eigenvalue weighted by Crippen LogP contribution is -2.14. The molecule has 108 valence electrons. The molecule has 1 rings (SSSR count). The van der Waals surface area contributed by atoms with E-state index >= 15 is 0 Å². The van der Waals surface area contributed by atoms with Gasteiger partial charge in [-0.3, -0.25) is 0 Å². The molecule has 0 heterocycles. The highest BCUT2D eigenvalue weighted by molar-refractivity contribution is 5.56. The van der Waals surface area contributed by atoms with Crippen molar-refractivity contribution >= 4 is 5.69 Å². The summed E-state index contributed by atoms with van der Waals surface area (Å²) in [5.41, 5.74) is 4.44. The Balaban J connectivity index is 3.21. The molecule has 0 fully saturated rings. The minimum absolute atomic E-state index is 0.688. The number of nitrogens with zero attached hydrogens (tertiary/aromatic N) is 1. The molecule has 0 aliphatic carbocycles. The summed E-state index contributed by atoms with van der Waals surface area (Å²) in [7, 11) is 4.33. The Labute approximate surface area is 120 Å². The number of rotatable bonds is 7. The molecule has 1 nitrogen and oxygen atoms in total. The van der Waals surface area contributed by atoms with Gasteiger partial charge in [0.05, 0.1) is 0 Å². The fourth-order valence-corrected chi connectivity index (χ4v) is 3.04. The average molecular weight is 261 g/mol. The highest BCUT2D eigenvalue weighted by Crippen LogP contribution is 2.35. The predicted molar refractivity (Wildman–Crippen MR) is 87.4 cm³/mol. The molecule has 0 saturated carbocycles. The van der Waals surface area contributed by atoms with Crippen molar-refractivity contribution in [2.45, 2.75) is 65.2 Å². The highest BCUT2D eigenvalue weighted by atomic mass is 15.1. The van der Waals surface area contributed by atoms with E-state index in [2.05, 4.69) is 64.9 Å². The van der Waals surface area contributed by atoms with Gasteiger partial charge >= 0.3 is 0 Å². The summed E-state index contributed by atoms with van der Waals surface area (Å²) in [5.74, 6) is 1.39. The van der Waals surface area contributed by atoms with Gasteiger partial charge in [-0.25, -0.2) is 0 Å². The third-order valence-electron chi connectivity index (χ3n) is 4.42. The monoisotopic (exact) mass is 261 g/mol. The van der Waals surface area contributed by atoms with E-state index in [0.717, 1.165) is 0 Å². The van der Waals surface area contributed by atoms with E-state index in [4.69, 9.17) is 0 Å². The molecule has 0 bridgehead atoms. The van der Waals surface area contributed by atoms with Crippen molar-refractivity contribution in [1.82, 2.24) is 0 Å². The molecule has 0 atom stereocenters. The van der Waals surface area contributed by atoms with Crippen LogP contribution in [-0.2, 0) is 0 Å². The fourth-order valence-electron chi connectivity index (χ4n) is 3.04. The van der Waals surface area contributed by atoms with Gasteiger partial charge in [-0.15, -0.1) is 0 Å². The first-order chi connectivity index (χ1) is 9.08. The predicted octanol–water partition coefficient (Wildman–Crippen LogP) is 5.56. The van der Waals surface area contributed by atoms with E-state index in [9.17, 15) is 0 Å². The molecule has 1 aromatic rings. The maximum absolute atomic E-state index is 2.42. The third-order valence-corrected chi connectivity index (χ3v) is 4.42. The lowest BCUT2D eigenvalue weighted by molar-refractivity contribution is 0.630. The van der Waals surface area contributed by atoms with E-state index in [0.29, 0.717) is 11.8 Å². The molecule has 0 aliphatic heterocycles. The molecule has 0 aliphatic rings. The summed E-state index contributed by atoms with van der Waals surface area (Å²) in [6.07, 6.45) is 4.91. The topological polar surface area (TPSA) is 3.24 Å². The molecule has 0 spiro atoms. The van der Waals surface area contributed by atoms with Crippen molar-refractivity contribution in [1.29, 1.82) is 0 Å². The molecule has 0 amide bonds. The number of benzene rings is 1. The maximum atomic E-state index is 2.42. The maximum Gasteiger partial charge on any atom is 0.0399 e. The Bertz CT molecular complexity index is 373. The minimum Gasteiger partial charge on any atom is -0.377 e. The van der Waals surface area contributed by atoms with Gasteiger partial charge in [0, 0.05) is 19.8 Å². The molecule has 0 aromatic heterocycles. The second kappa shape index (κ2) is 7.57.